The molecule has 1 atom stereocenters. The van der Waals surface area contributed by atoms with E-state index in [0.717, 1.165) is 0 Å². The second-order valence-electron chi connectivity index (χ2n) is 2.51. The standard InChI is InChI=1S/C8H8BrN3O/c9-4-1-2-5(11)8(13)7(4)6(12)3-10/h1-2,6,13H,11-12H2/t6-/m0/s1. The van der Waals surface area contributed by atoms with E-state index in [9.17, 15) is 5.11 Å². The lowest BCUT2D eigenvalue weighted by Crippen LogP contribution is -2.09. The van der Waals surface area contributed by atoms with Gasteiger partial charge in [-0.2, -0.15) is 5.26 Å². The number of anilines is 1. The summed E-state index contributed by atoms with van der Waals surface area (Å²) >= 11 is 3.18. The third-order valence-electron chi connectivity index (χ3n) is 1.65. The Morgan fingerprint density at radius 2 is 2.15 bits per heavy atom. The Bertz CT molecular complexity index is 372. The first kappa shape index (κ1) is 9.84. The molecule has 0 radical (unpaired) electrons. The molecule has 0 spiro atoms. The average molecular weight is 242 g/mol. The van der Waals surface area contributed by atoms with Gasteiger partial charge in [0.15, 0.2) is 0 Å². The monoisotopic (exact) mass is 241 g/mol. The fraction of sp³-hybridized carbons (Fsp3) is 0.125. The zero-order valence-corrected chi connectivity index (χ0v) is 8.25. The van der Waals surface area contributed by atoms with E-state index in [0.29, 0.717) is 10.0 Å². The Labute approximate surface area is 83.9 Å². The molecule has 0 fully saturated rings. The molecule has 0 saturated heterocycles. The SMILES string of the molecule is N#C[C@H](N)c1c(Br)ccc(N)c1O. The number of phenolic OH excluding ortho intramolecular Hbond substituents is 1. The van der Waals surface area contributed by atoms with Crippen LogP contribution in [0.1, 0.15) is 11.6 Å². The number of halogens is 1. The van der Waals surface area contributed by atoms with Gasteiger partial charge in [-0.05, 0) is 12.1 Å². The van der Waals surface area contributed by atoms with Crippen LogP contribution >= 0.6 is 15.9 Å². The van der Waals surface area contributed by atoms with Gasteiger partial charge in [-0.1, -0.05) is 15.9 Å². The lowest BCUT2D eigenvalue weighted by molar-refractivity contribution is 0.468. The summed E-state index contributed by atoms with van der Waals surface area (Å²) in [5.41, 5.74) is 11.4. The van der Waals surface area contributed by atoms with E-state index in [1.165, 1.54) is 6.07 Å². The van der Waals surface area contributed by atoms with E-state index in [-0.39, 0.29) is 11.4 Å². The first-order chi connectivity index (χ1) is 6.07. The smallest absolute Gasteiger partial charge is 0.145 e. The van der Waals surface area contributed by atoms with Crippen molar-refractivity contribution in [2.45, 2.75) is 6.04 Å². The maximum absolute atomic E-state index is 9.49. The van der Waals surface area contributed by atoms with E-state index in [4.69, 9.17) is 16.7 Å². The van der Waals surface area contributed by atoms with Gasteiger partial charge in [0, 0.05) is 10.0 Å². The van der Waals surface area contributed by atoms with Crippen LogP contribution in [0.15, 0.2) is 16.6 Å². The van der Waals surface area contributed by atoms with Crippen molar-refractivity contribution in [3.8, 4) is 11.8 Å². The van der Waals surface area contributed by atoms with Crippen LogP contribution in [0.5, 0.6) is 5.75 Å². The molecule has 0 aliphatic rings. The Morgan fingerprint density at radius 3 is 2.69 bits per heavy atom. The number of aromatic hydroxyl groups is 1. The molecule has 5 heteroatoms. The number of nitrogens with zero attached hydrogens (tertiary/aromatic N) is 1. The van der Waals surface area contributed by atoms with E-state index in [1.807, 2.05) is 6.07 Å². The topological polar surface area (TPSA) is 96.1 Å². The minimum atomic E-state index is -0.877. The molecule has 13 heavy (non-hydrogen) atoms. The third kappa shape index (κ3) is 1.74. The second kappa shape index (κ2) is 3.64. The number of phenols is 1. The van der Waals surface area contributed by atoms with Crippen molar-refractivity contribution in [1.29, 1.82) is 5.26 Å². The van der Waals surface area contributed by atoms with Crippen molar-refractivity contribution in [2.75, 3.05) is 5.73 Å². The molecule has 0 aliphatic heterocycles. The molecule has 1 aromatic carbocycles. The minimum absolute atomic E-state index is 0.136. The van der Waals surface area contributed by atoms with Crippen molar-refractivity contribution in [3.63, 3.8) is 0 Å². The van der Waals surface area contributed by atoms with Gasteiger partial charge in [0.25, 0.3) is 0 Å². The Hall–Kier alpha value is -1.25. The van der Waals surface area contributed by atoms with Crippen LogP contribution in [-0.2, 0) is 0 Å². The average Bonchev–Trinajstić information content (AvgIpc) is 2.12. The molecule has 1 aromatic rings. The van der Waals surface area contributed by atoms with Crippen LogP contribution in [-0.4, -0.2) is 5.11 Å². The zero-order chi connectivity index (χ0) is 10.0. The molecule has 1 rings (SSSR count). The molecule has 0 heterocycles. The summed E-state index contributed by atoms with van der Waals surface area (Å²) in [5, 5.41) is 18.1. The molecule has 0 aromatic heterocycles. The first-order valence-electron chi connectivity index (χ1n) is 3.50. The van der Waals surface area contributed by atoms with Gasteiger partial charge in [0.2, 0.25) is 0 Å². The van der Waals surface area contributed by atoms with Crippen LogP contribution < -0.4 is 11.5 Å². The highest BCUT2D eigenvalue weighted by Crippen LogP contribution is 2.34. The van der Waals surface area contributed by atoms with E-state index in [2.05, 4.69) is 15.9 Å². The zero-order valence-electron chi connectivity index (χ0n) is 6.66. The van der Waals surface area contributed by atoms with E-state index in [1.54, 1.807) is 6.07 Å². The quantitative estimate of drug-likeness (QED) is 0.510. The van der Waals surface area contributed by atoms with Gasteiger partial charge in [0.1, 0.15) is 11.8 Å². The van der Waals surface area contributed by atoms with Crippen LogP contribution in [0.2, 0.25) is 0 Å². The summed E-state index contributed by atoms with van der Waals surface area (Å²) in [6.07, 6.45) is 0. The Balaban J connectivity index is 3.35. The lowest BCUT2D eigenvalue weighted by atomic mass is 10.1. The number of nitrogens with two attached hydrogens (primary N) is 2. The fourth-order valence-electron chi connectivity index (χ4n) is 0.961. The summed E-state index contributed by atoms with van der Waals surface area (Å²) in [6.45, 7) is 0. The molecular weight excluding hydrogens is 234 g/mol. The van der Waals surface area contributed by atoms with Gasteiger partial charge >= 0.3 is 0 Å². The van der Waals surface area contributed by atoms with Crippen molar-refractivity contribution < 1.29 is 5.11 Å². The summed E-state index contributed by atoms with van der Waals surface area (Å²) < 4.78 is 0.577. The van der Waals surface area contributed by atoms with Crippen LogP contribution in [0.3, 0.4) is 0 Å². The molecule has 5 N–H and O–H groups in total. The normalized spacial score (nSPS) is 12.1. The summed E-state index contributed by atoms with van der Waals surface area (Å²) in [4.78, 5) is 0. The molecule has 68 valence electrons. The predicted molar refractivity (Wildman–Crippen MR) is 52.8 cm³/mol. The number of hydrogen-bond donors (Lipinski definition) is 3. The Morgan fingerprint density at radius 1 is 1.54 bits per heavy atom. The molecule has 0 saturated carbocycles. The molecule has 0 unspecified atom stereocenters. The van der Waals surface area contributed by atoms with Gasteiger partial charge in [-0.3, -0.25) is 0 Å². The molecule has 0 aliphatic carbocycles. The van der Waals surface area contributed by atoms with E-state index < -0.39 is 6.04 Å². The number of hydrogen-bond acceptors (Lipinski definition) is 4. The fourth-order valence-corrected chi connectivity index (χ4v) is 1.53. The lowest BCUT2D eigenvalue weighted by Gasteiger charge is -2.10. The first-order valence-corrected chi connectivity index (χ1v) is 4.29. The van der Waals surface area contributed by atoms with Gasteiger partial charge in [-0.15, -0.1) is 0 Å². The number of rotatable bonds is 1. The highest BCUT2D eigenvalue weighted by Gasteiger charge is 2.15. The third-order valence-corrected chi connectivity index (χ3v) is 2.34. The van der Waals surface area contributed by atoms with Crippen LogP contribution in [0.4, 0.5) is 5.69 Å². The highest BCUT2D eigenvalue weighted by atomic mass is 79.9. The molecule has 4 nitrogen and oxygen atoms in total. The number of nitriles is 1. The largest absolute Gasteiger partial charge is 0.505 e. The number of nitrogen functional groups attached to an aromatic ring is 1. The predicted octanol–water partition coefficient (Wildman–Crippen LogP) is 1.26. The van der Waals surface area contributed by atoms with Crippen LogP contribution in [0, 0.1) is 11.3 Å². The van der Waals surface area contributed by atoms with Gasteiger partial charge < -0.3 is 16.6 Å². The van der Waals surface area contributed by atoms with Crippen molar-refractivity contribution in [1.82, 2.24) is 0 Å². The van der Waals surface area contributed by atoms with Gasteiger partial charge in [0.05, 0.1) is 11.8 Å². The van der Waals surface area contributed by atoms with E-state index >= 15 is 0 Å². The van der Waals surface area contributed by atoms with Crippen LogP contribution in [0.25, 0.3) is 0 Å². The van der Waals surface area contributed by atoms with Crippen molar-refractivity contribution >= 4 is 21.6 Å². The summed E-state index contributed by atoms with van der Waals surface area (Å²) in [7, 11) is 0. The molecular formula is C8H8BrN3O. The minimum Gasteiger partial charge on any atom is -0.505 e. The summed E-state index contributed by atoms with van der Waals surface area (Å²) in [5.74, 6) is -0.136. The van der Waals surface area contributed by atoms with Gasteiger partial charge in [-0.25, -0.2) is 0 Å². The Kier molecular flexibility index (Phi) is 2.76. The maximum Gasteiger partial charge on any atom is 0.145 e. The maximum atomic E-state index is 9.49. The highest BCUT2D eigenvalue weighted by molar-refractivity contribution is 9.10. The van der Waals surface area contributed by atoms with Crippen molar-refractivity contribution in [3.05, 3.63) is 22.2 Å². The summed E-state index contributed by atoms with van der Waals surface area (Å²) in [6, 6.07) is 4.12. The molecule has 0 amide bonds. The molecule has 0 bridgehead atoms. The number of benzene rings is 1. The van der Waals surface area contributed by atoms with Crippen molar-refractivity contribution in [2.24, 2.45) is 5.73 Å². The second-order valence-corrected chi connectivity index (χ2v) is 3.36.